The summed E-state index contributed by atoms with van der Waals surface area (Å²) in [5.74, 6) is 6.27. The number of hydrogen-bond donors (Lipinski definition) is 0. The lowest BCUT2D eigenvalue weighted by atomic mass is 10.3. The van der Waals surface area contributed by atoms with Crippen LogP contribution in [0.1, 0.15) is 40.5 Å². The lowest BCUT2D eigenvalue weighted by molar-refractivity contribution is -0.916. The van der Waals surface area contributed by atoms with Gasteiger partial charge in [-0.2, -0.15) is 0 Å². The zero-order valence-electron chi connectivity index (χ0n) is 12.3. The molecular weight excluding hydrogens is 337 g/mol. The van der Waals surface area contributed by atoms with Crippen LogP contribution < -0.4 is 24.0 Å². The first-order valence-electron chi connectivity index (χ1n) is 6.84. The summed E-state index contributed by atoms with van der Waals surface area (Å²) < 4.78 is 6.38. The van der Waals surface area contributed by atoms with E-state index in [4.69, 9.17) is 4.74 Å². The van der Waals surface area contributed by atoms with E-state index in [1.807, 2.05) is 6.08 Å². The average molecular weight is 365 g/mol. The molecule has 0 aromatic heterocycles. The highest BCUT2D eigenvalue weighted by atomic mass is 127. The third-order valence-corrected chi connectivity index (χ3v) is 3.39. The molecule has 0 atom stereocenters. The predicted octanol–water partition coefficient (Wildman–Crippen LogP) is 0.201. The Bertz CT molecular complexity index is 253. The first kappa shape index (κ1) is 20.1. The van der Waals surface area contributed by atoms with Crippen molar-refractivity contribution in [3.8, 4) is 11.8 Å². The Hall–Kier alpha value is -0.210. The largest absolute Gasteiger partial charge is 1.00 e. The molecule has 0 aliphatic heterocycles. The van der Waals surface area contributed by atoms with E-state index in [2.05, 4.69) is 39.5 Å². The number of halogens is 1. The number of hydrogen-bond acceptors (Lipinski definition) is 1. The van der Waals surface area contributed by atoms with Crippen LogP contribution in [-0.2, 0) is 4.74 Å². The fraction of sp³-hybridized carbons (Fsp3) is 0.733. The van der Waals surface area contributed by atoms with Crippen LogP contribution >= 0.6 is 0 Å². The van der Waals surface area contributed by atoms with E-state index in [9.17, 15) is 0 Å². The predicted molar refractivity (Wildman–Crippen MR) is 74.5 cm³/mol. The minimum atomic E-state index is 0. The second-order valence-corrected chi connectivity index (χ2v) is 4.30. The molecule has 0 bridgehead atoms. The van der Waals surface area contributed by atoms with Gasteiger partial charge < -0.3 is 33.2 Å². The van der Waals surface area contributed by atoms with Crippen molar-refractivity contribution in [3.63, 3.8) is 0 Å². The van der Waals surface area contributed by atoms with E-state index in [1.54, 1.807) is 6.26 Å². The summed E-state index contributed by atoms with van der Waals surface area (Å²) >= 11 is 0. The monoisotopic (exact) mass is 365 g/mol. The van der Waals surface area contributed by atoms with Gasteiger partial charge in [-0.3, -0.25) is 0 Å². The van der Waals surface area contributed by atoms with Gasteiger partial charge in [-0.25, -0.2) is 0 Å². The highest BCUT2D eigenvalue weighted by molar-refractivity contribution is 5.13. The summed E-state index contributed by atoms with van der Waals surface area (Å²) in [6.07, 6.45) is 5.80. The minimum Gasteiger partial charge on any atom is -1.00 e. The number of allylic oxidation sites excluding steroid dienone is 1. The summed E-state index contributed by atoms with van der Waals surface area (Å²) in [7, 11) is 0. The molecule has 0 heterocycles. The Labute approximate surface area is 130 Å². The molecule has 0 amide bonds. The Morgan fingerprint density at radius 3 is 2.17 bits per heavy atom. The van der Waals surface area contributed by atoms with E-state index in [0.29, 0.717) is 0 Å². The molecule has 0 N–H and O–H groups in total. The van der Waals surface area contributed by atoms with Gasteiger partial charge in [0.05, 0.1) is 32.5 Å². The fourth-order valence-corrected chi connectivity index (χ4v) is 1.66. The molecule has 0 spiro atoms. The SMILES string of the molecule is CCCCOC=CC#CC[N+](CC)(CC)CC.[I-]. The van der Waals surface area contributed by atoms with E-state index in [0.717, 1.165) is 43.7 Å². The maximum Gasteiger partial charge on any atom is 0.141 e. The van der Waals surface area contributed by atoms with Gasteiger partial charge in [0.25, 0.3) is 0 Å². The third kappa shape index (κ3) is 8.82. The van der Waals surface area contributed by atoms with Crippen molar-refractivity contribution in [2.24, 2.45) is 0 Å². The maximum absolute atomic E-state index is 5.30. The third-order valence-electron chi connectivity index (χ3n) is 3.39. The van der Waals surface area contributed by atoms with Gasteiger partial charge in [-0.1, -0.05) is 19.3 Å². The van der Waals surface area contributed by atoms with Crippen molar-refractivity contribution >= 4 is 0 Å². The molecule has 0 saturated heterocycles. The number of ether oxygens (including phenoxy) is 1. The summed E-state index contributed by atoms with van der Waals surface area (Å²) in [5.41, 5.74) is 0. The molecular formula is C15H28INO. The van der Waals surface area contributed by atoms with E-state index in [1.165, 1.54) is 6.42 Å². The van der Waals surface area contributed by atoms with Gasteiger partial charge >= 0.3 is 0 Å². The molecule has 0 unspecified atom stereocenters. The summed E-state index contributed by atoms with van der Waals surface area (Å²) in [6.45, 7) is 14.0. The van der Waals surface area contributed by atoms with Gasteiger partial charge in [0.2, 0.25) is 0 Å². The van der Waals surface area contributed by atoms with Gasteiger partial charge in [-0.15, -0.1) is 0 Å². The summed E-state index contributed by atoms with van der Waals surface area (Å²) in [4.78, 5) is 0. The standard InChI is InChI=1S/C15H28NO.HI/c1-5-9-14-17-15-12-10-11-13-16(6-2,7-3)8-4;/h12,15H,5-9,13-14H2,1-4H3;1H/q+1;/p-1. The highest BCUT2D eigenvalue weighted by Gasteiger charge is 2.18. The minimum absolute atomic E-state index is 0. The molecule has 0 fully saturated rings. The molecule has 0 aliphatic carbocycles. The van der Waals surface area contributed by atoms with Gasteiger partial charge in [0.15, 0.2) is 0 Å². The molecule has 0 aromatic rings. The topological polar surface area (TPSA) is 9.23 Å². The lowest BCUT2D eigenvalue weighted by Crippen LogP contribution is -3.00. The second-order valence-electron chi connectivity index (χ2n) is 4.30. The Morgan fingerprint density at radius 1 is 1.06 bits per heavy atom. The van der Waals surface area contributed by atoms with E-state index >= 15 is 0 Å². The van der Waals surface area contributed by atoms with Crippen LogP contribution in [0.5, 0.6) is 0 Å². The average Bonchev–Trinajstić information content (AvgIpc) is 2.38. The van der Waals surface area contributed by atoms with Gasteiger partial charge in [0, 0.05) is 6.08 Å². The van der Waals surface area contributed by atoms with Crippen molar-refractivity contribution < 1.29 is 33.2 Å². The highest BCUT2D eigenvalue weighted by Crippen LogP contribution is 2.03. The first-order valence-corrected chi connectivity index (χ1v) is 6.84. The number of quaternary nitrogens is 1. The van der Waals surface area contributed by atoms with Crippen molar-refractivity contribution in [2.45, 2.75) is 40.5 Å². The van der Waals surface area contributed by atoms with Crippen LogP contribution in [-0.4, -0.2) is 37.3 Å². The molecule has 0 radical (unpaired) electrons. The smallest absolute Gasteiger partial charge is 0.141 e. The molecule has 106 valence electrons. The molecule has 0 rings (SSSR count). The van der Waals surface area contributed by atoms with E-state index < -0.39 is 0 Å². The van der Waals surface area contributed by atoms with Gasteiger partial charge in [0.1, 0.15) is 6.54 Å². The Balaban J connectivity index is 0. The van der Waals surface area contributed by atoms with Crippen LogP contribution in [0.2, 0.25) is 0 Å². The quantitative estimate of drug-likeness (QED) is 0.196. The zero-order valence-corrected chi connectivity index (χ0v) is 14.5. The molecule has 0 aliphatic rings. The molecule has 0 aromatic carbocycles. The van der Waals surface area contributed by atoms with Crippen molar-refractivity contribution in [1.82, 2.24) is 0 Å². The first-order chi connectivity index (χ1) is 8.24. The molecule has 3 heteroatoms. The normalized spacial score (nSPS) is 10.7. The van der Waals surface area contributed by atoms with Crippen LogP contribution in [0.15, 0.2) is 12.3 Å². The van der Waals surface area contributed by atoms with Crippen molar-refractivity contribution in [1.29, 1.82) is 0 Å². The van der Waals surface area contributed by atoms with Crippen LogP contribution in [0.3, 0.4) is 0 Å². The maximum atomic E-state index is 5.30. The Kier molecular flexibility index (Phi) is 14.8. The van der Waals surface area contributed by atoms with Crippen LogP contribution in [0.4, 0.5) is 0 Å². The van der Waals surface area contributed by atoms with Gasteiger partial charge in [-0.05, 0) is 33.1 Å². The number of rotatable bonds is 8. The van der Waals surface area contributed by atoms with Crippen molar-refractivity contribution in [2.75, 3.05) is 32.8 Å². The van der Waals surface area contributed by atoms with Crippen molar-refractivity contribution in [3.05, 3.63) is 12.3 Å². The molecule has 18 heavy (non-hydrogen) atoms. The lowest BCUT2D eigenvalue weighted by Gasteiger charge is -2.33. The zero-order chi connectivity index (χ0) is 13.0. The number of unbranched alkanes of at least 4 members (excludes halogenated alkanes) is 1. The molecule has 0 saturated carbocycles. The fourth-order valence-electron chi connectivity index (χ4n) is 1.66. The van der Waals surface area contributed by atoms with Crippen LogP contribution in [0, 0.1) is 11.8 Å². The van der Waals surface area contributed by atoms with Crippen LogP contribution in [0.25, 0.3) is 0 Å². The Morgan fingerprint density at radius 2 is 1.67 bits per heavy atom. The molecule has 2 nitrogen and oxygen atoms in total. The summed E-state index contributed by atoms with van der Waals surface area (Å²) in [6, 6.07) is 0. The van der Waals surface area contributed by atoms with E-state index in [-0.39, 0.29) is 24.0 Å². The second kappa shape index (κ2) is 13.2. The summed E-state index contributed by atoms with van der Waals surface area (Å²) in [5, 5.41) is 0. The number of nitrogens with zero attached hydrogens (tertiary/aromatic N) is 1.